The Morgan fingerprint density at radius 3 is 2.48 bits per heavy atom. The molecule has 0 atom stereocenters. The van der Waals surface area contributed by atoms with Crippen molar-refractivity contribution in [3.8, 4) is 0 Å². The zero-order valence-electron chi connectivity index (χ0n) is 18.1. The van der Waals surface area contributed by atoms with E-state index in [9.17, 15) is 9.59 Å². The van der Waals surface area contributed by atoms with Gasteiger partial charge < -0.3 is 20.3 Å². The molecule has 8 heteroatoms. The summed E-state index contributed by atoms with van der Waals surface area (Å²) in [5.41, 5.74) is 0.605. The first-order chi connectivity index (χ1) is 13.8. The largest absolute Gasteiger partial charge is 0.444 e. The van der Waals surface area contributed by atoms with Crippen LogP contribution in [-0.4, -0.2) is 73.8 Å². The van der Waals surface area contributed by atoms with Crippen molar-refractivity contribution < 1.29 is 14.3 Å². The van der Waals surface area contributed by atoms with E-state index in [1.807, 2.05) is 52.3 Å². The van der Waals surface area contributed by atoms with Gasteiger partial charge in [-0.1, -0.05) is 0 Å². The topological polar surface area (TPSA) is 86.8 Å². The first-order valence-electron chi connectivity index (χ1n) is 10.3. The molecule has 0 radical (unpaired) electrons. The molecule has 1 aromatic heterocycles. The SMILES string of the molecule is CNCCN(CC(=O)NCC1CCN(c2ccncc2)CC1)C(=O)OC(C)(C)C. The van der Waals surface area contributed by atoms with Crippen molar-refractivity contribution in [3.63, 3.8) is 0 Å². The van der Waals surface area contributed by atoms with E-state index >= 15 is 0 Å². The lowest BCUT2D eigenvalue weighted by molar-refractivity contribution is -0.122. The molecule has 2 amide bonds. The van der Waals surface area contributed by atoms with Crippen LogP contribution in [0.5, 0.6) is 0 Å². The molecule has 0 spiro atoms. The van der Waals surface area contributed by atoms with Crippen molar-refractivity contribution in [1.29, 1.82) is 0 Å². The number of likely N-dealkylation sites (N-methyl/N-ethyl adjacent to an activating group) is 1. The van der Waals surface area contributed by atoms with Crippen LogP contribution >= 0.6 is 0 Å². The second kappa shape index (κ2) is 11.0. The average molecular weight is 406 g/mol. The summed E-state index contributed by atoms with van der Waals surface area (Å²) in [7, 11) is 1.81. The van der Waals surface area contributed by atoms with Crippen molar-refractivity contribution in [2.45, 2.75) is 39.2 Å². The monoisotopic (exact) mass is 405 g/mol. The molecular formula is C21H35N5O3. The van der Waals surface area contributed by atoms with Gasteiger partial charge in [0.25, 0.3) is 0 Å². The quantitative estimate of drug-likeness (QED) is 0.687. The van der Waals surface area contributed by atoms with E-state index in [0.29, 0.717) is 25.6 Å². The number of aromatic nitrogens is 1. The number of rotatable bonds is 8. The third-order valence-electron chi connectivity index (χ3n) is 4.85. The van der Waals surface area contributed by atoms with Gasteiger partial charge in [-0.05, 0) is 58.7 Å². The Morgan fingerprint density at radius 1 is 1.24 bits per heavy atom. The van der Waals surface area contributed by atoms with Crippen molar-refractivity contribution in [2.24, 2.45) is 5.92 Å². The molecule has 0 bridgehead atoms. The minimum absolute atomic E-state index is 0.00640. The highest BCUT2D eigenvalue weighted by Crippen LogP contribution is 2.22. The summed E-state index contributed by atoms with van der Waals surface area (Å²) in [5, 5.41) is 6.00. The highest BCUT2D eigenvalue weighted by atomic mass is 16.6. The molecule has 2 rings (SSSR count). The summed E-state index contributed by atoms with van der Waals surface area (Å²) in [6.07, 6.45) is 5.21. The van der Waals surface area contributed by atoms with Gasteiger partial charge in [0, 0.05) is 50.8 Å². The van der Waals surface area contributed by atoms with Crippen LogP contribution in [0.1, 0.15) is 33.6 Å². The van der Waals surface area contributed by atoms with Crippen LogP contribution in [0.4, 0.5) is 10.5 Å². The van der Waals surface area contributed by atoms with Crippen LogP contribution in [0, 0.1) is 5.92 Å². The molecule has 0 aliphatic carbocycles. The Bertz CT molecular complexity index is 639. The van der Waals surface area contributed by atoms with Gasteiger partial charge in [-0.3, -0.25) is 14.7 Å². The van der Waals surface area contributed by atoms with Crippen molar-refractivity contribution in [3.05, 3.63) is 24.5 Å². The van der Waals surface area contributed by atoms with E-state index in [0.717, 1.165) is 25.9 Å². The van der Waals surface area contributed by atoms with E-state index in [1.54, 1.807) is 0 Å². The fraction of sp³-hybridized carbons (Fsp3) is 0.667. The summed E-state index contributed by atoms with van der Waals surface area (Å²) in [4.78, 5) is 32.6. The minimum atomic E-state index is -0.589. The maximum Gasteiger partial charge on any atom is 0.410 e. The Hall–Kier alpha value is -2.35. The highest BCUT2D eigenvalue weighted by molar-refractivity contribution is 5.82. The van der Waals surface area contributed by atoms with E-state index in [-0.39, 0.29) is 12.5 Å². The number of anilines is 1. The zero-order valence-corrected chi connectivity index (χ0v) is 18.1. The maximum absolute atomic E-state index is 12.4. The molecule has 162 valence electrons. The number of nitrogens with zero attached hydrogens (tertiary/aromatic N) is 3. The van der Waals surface area contributed by atoms with Gasteiger partial charge in [-0.15, -0.1) is 0 Å². The zero-order chi connectivity index (χ0) is 21.3. The first kappa shape index (κ1) is 22.9. The van der Waals surface area contributed by atoms with Crippen LogP contribution in [0.3, 0.4) is 0 Å². The van der Waals surface area contributed by atoms with Crippen molar-refractivity contribution in [2.75, 3.05) is 51.2 Å². The van der Waals surface area contributed by atoms with Crippen molar-refractivity contribution >= 4 is 17.7 Å². The number of amides is 2. The summed E-state index contributed by atoms with van der Waals surface area (Å²) in [6.45, 7) is 9.05. The molecule has 29 heavy (non-hydrogen) atoms. The Balaban J connectivity index is 1.76. The molecule has 1 aliphatic heterocycles. The molecule has 0 aromatic carbocycles. The Labute approximate surface area is 174 Å². The summed E-state index contributed by atoms with van der Waals surface area (Å²) in [5.74, 6) is 0.299. The lowest BCUT2D eigenvalue weighted by Crippen LogP contribution is -2.46. The van der Waals surface area contributed by atoms with Gasteiger partial charge in [-0.25, -0.2) is 4.79 Å². The lowest BCUT2D eigenvalue weighted by Gasteiger charge is -2.33. The van der Waals surface area contributed by atoms with Gasteiger partial charge in [0.15, 0.2) is 0 Å². The molecule has 2 N–H and O–H groups in total. The number of nitrogens with one attached hydrogen (secondary N) is 2. The number of piperidine rings is 1. The van der Waals surface area contributed by atoms with Crippen LogP contribution in [0.15, 0.2) is 24.5 Å². The summed E-state index contributed by atoms with van der Waals surface area (Å²) >= 11 is 0. The fourth-order valence-corrected chi connectivity index (χ4v) is 3.25. The maximum atomic E-state index is 12.4. The van der Waals surface area contributed by atoms with Gasteiger partial charge >= 0.3 is 6.09 Å². The molecule has 0 unspecified atom stereocenters. The Morgan fingerprint density at radius 2 is 1.90 bits per heavy atom. The van der Waals surface area contributed by atoms with E-state index in [2.05, 4.69) is 20.5 Å². The second-order valence-electron chi connectivity index (χ2n) is 8.45. The molecular weight excluding hydrogens is 370 g/mol. The van der Waals surface area contributed by atoms with E-state index in [4.69, 9.17) is 4.74 Å². The standard InChI is InChI=1S/C21H35N5O3/c1-21(2,3)29-20(28)26(14-11-22-4)16-19(27)24-15-17-7-12-25(13-8-17)18-5-9-23-10-6-18/h5-6,9-10,17,22H,7-8,11-16H2,1-4H3,(H,24,27). The predicted molar refractivity (Wildman–Crippen MR) is 114 cm³/mol. The normalized spacial score (nSPS) is 15.1. The number of carbonyl (C=O) groups excluding carboxylic acids is 2. The number of hydrogen-bond acceptors (Lipinski definition) is 6. The van der Waals surface area contributed by atoms with Gasteiger partial charge in [0.2, 0.25) is 5.91 Å². The third kappa shape index (κ3) is 8.27. The predicted octanol–water partition coefficient (Wildman–Crippen LogP) is 1.87. The molecule has 2 heterocycles. The summed E-state index contributed by atoms with van der Waals surface area (Å²) < 4.78 is 5.42. The molecule has 8 nitrogen and oxygen atoms in total. The smallest absolute Gasteiger partial charge is 0.410 e. The number of ether oxygens (including phenoxy) is 1. The minimum Gasteiger partial charge on any atom is -0.444 e. The highest BCUT2D eigenvalue weighted by Gasteiger charge is 2.24. The van der Waals surface area contributed by atoms with Crippen LogP contribution in [0.2, 0.25) is 0 Å². The third-order valence-corrected chi connectivity index (χ3v) is 4.85. The molecule has 1 fully saturated rings. The number of hydrogen-bond donors (Lipinski definition) is 2. The first-order valence-corrected chi connectivity index (χ1v) is 10.3. The van der Waals surface area contributed by atoms with Gasteiger partial charge in [0.1, 0.15) is 12.1 Å². The van der Waals surface area contributed by atoms with Crippen molar-refractivity contribution in [1.82, 2.24) is 20.5 Å². The van der Waals surface area contributed by atoms with Crippen LogP contribution in [0.25, 0.3) is 0 Å². The second-order valence-corrected chi connectivity index (χ2v) is 8.45. The fourth-order valence-electron chi connectivity index (χ4n) is 3.25. The van der Waals surface area contributed by atoms with Crippen LogP contribution < -0.4 is 15.5 Å². The van der Waals surface area contributed by atoms with Gasteiger partial charge in [0.05, 0.1) is 0 Å². The number of carbonyl (C=O) groups is 2. The van der Waals surface area contributed by atoms with Gasteiger partial charge in [-0.2, -0.15) is 0 Å². The molecule has 1 saturated heterocycles. The summed E-state index contributed by atoms with van der Waals surface area (Å²) in [6, 6.07) is 4.05. The van der Waals surface area contributed by atoms with Crippen LogP contribution in [-0.2, 0) is 9.53 Å². The Kier molecular flexibility index (Phi) is 8.70. The van der Waals surface area contributed by atoms with E-state index in [1.165, 1.54) is 10.6 Å². The number of pyridine rings is 1. The molecule has 1 aromatic rings. The lowest BCUT2D eigenvalue weighted by atomic mass is 9.96. The average Bonchev–Trinajstić information content (AvgIpc) is 2.69. The molecule has 1 aliphatic rings. The molecule has 0 saturated carbocycles. The van der Waals surface area contributed by atoms with E-state index < -0.39 is 11.7 Å².